The Morgan fingerprint density at radius 3 is 2.68 bits per heavy atom. The lowest BCUT2D eigenvalue weighted by Crippen LogP contribution is -2.47. The van der Waals surface area contributed by atoms with E-state index in [-0.39, 0.29) is 24.0 Å². The van der Waals surface area contributed by atoms with Gasteiger partial charge in [0, 0.05) is 46.6 Å². The van der Waals surface area contributed by atoms with E-state index in [1.807, 2.05) is 11.5 Å². The molecular weight excluding hydrogens is 488 g/mol. The Balaban J connectivity index is 1.70. The lowest BCUT2D eigenvalue weighted by Gasteiger charge is -2.36. The highest BCUT2D eigenvalue weighted by Crippen LogP contribution is 2.24. The van der Waals surface area contributed by atoms with Crippen molar-refractivity contribution in [1.29, 1.82) is 0 Å². The van der Waals surface area contributed by atoms with E-state index in [9.17, 15) is 9.59 Å². The molecule has 2 atom stereocenters. The molecule has 0 radical (unpaired) electrons. The van der Waals surface area contributed by atoms with Gasteiger partial charge < -0.3 is 29.6 Å². The van der Waals surface area contributed by atoms with Crippen LogP contribution < -0.4 is 10.6 Å². The number of fused-ring (bicyclic) bond motifs is 1. The van der Waals surface area contributed by atoms with Gasteiger partial charge in [-0.2, -0.15) is 0 Å². The van der Waals surface area contributed by atoms with Crippen molar-refractivity contribution in [2.45, 2.75) is 78.5 Å². The summed E-state index contributed by atoms with van der Waals surface area (Å²) in [7, 11) is -1.19. The first-order chi connectivity index (χ1) is 17.6. The third-order valence-corrected chi connectivity index (χ3v) is 8.30. The van der Waals surface area contributed by atoms with E-state index < -0.39 is 8.07 Å². The monoisotopic (exact) mass is 532 g/mol. The summed E-state index contributed by atoms with van der Waals surface area (Å²) >= 11 is 0. The molecule has 2 amide bonds. The molecule has 0 saturated carbocycles. The fourth-order valence-electron chi connectivity index (χ4n) is 4.29. The number of hydrogen-bond donors (Lipinski definition) is 2. The Kier molecular flexibility index (Phi) is 10.3. The zero-order valence-corrected chi connectivity index (χ0v) is 24.3. The average molecular weight is 533 g/mol. The second-order valence-electron chi connectivity index (χ2n) is 11.1. The van der Waals surface area contributed by atoms with Crippen LogP contribution in [-0.4, -0.2) is 78.4 Å². The van der Waals surface area contributed by atoms with Crippen LogP contribution in [0.25, 0.3) is 11.2 Å². The van der Waals surface area contributed by atoms with Crippen molar-refractivity contribution in [3.8, 4) is 0 Å². The highest BCUT2D eigenvalue weighted by atomic mass is 28.3. The lowest BCUT2D eigenvalue weighted by molar-refractivity contribution is 0.0829. The molecular formula is C26H44N6O4Si. The van der Waals surface area contributed by atoms with E-state index in [4.69, 9.17) is 14.5 Å². The van der Waals surface area contributed by atoms with Gasteiger partial charge in [0.1, 0.15) is 18.1 Å². The summed E-state index contributed by atoms with van der Waals surface area (Å²) < 4.78 is 13.2. The van der Waals surface area contributed by atoms with E-state index in [0.29, 0.717) is 62.1 Å². The third-order valence-electron chi connectivity index (χ3n) is 6.59. The predicted molar refractivity (Wildman–Crippen MR) is 149 cm³/mol. The zero-order chi connectivity index (χ0) is 27.0. The third kappa shape index (κ3) is 8.16. The van der Waals surface area contributed by atoms with Crippen LogP contribution in [0.5, 0.6) is 0 Å². The molecule has 1 saturated heterocycles. The molecule has 0 aromatic carbocycles. The number of ether oxygens (including phenoxy) is 2. The number of aromatic nitrogens is 3. The van der Waals surface area contributed by atoms with Gasteiger partial charge in [-0.15, -0.1) is 0 Å². The predicted octanol–water partition coefficient (Wildman–Crippen LogP) is 4.55. The number of hydrogen-bond acceptors (Lipinski definition) is 7. The molecule has 10 nitrogen and oxygen atoms in total. The topological polar surface area (TPSA) is 111 Å². The molecule has 3 rings (SSSR count). The molecule has 0 bridgehead atoms. The van der Waals surface area contributed by atoms with E-state index in [1.165, 1.54) is 0 Å². The number of rotatable bonds is 12. The van der Waals surface area contributed by atoms with Gasteiger partial charge in [-0.25, -0.2) is 14.8 Å². The van der Waals surface area contributed by atoms with Crippen LogP contribution in [0.4, 0.5) is 10.6 Å². The summed E-state index contributed by atoms with van der Waals surface area (Å²) in [5.41, 5.74) is 1.66. The molecule has 206 valence electrons. The SMILES string of the molecule is CCCCOC(=O)N1CCC(Nc2cnc3c(n2)c(C(=O)NCC)cn3COCC[Si](C)(C)C)C(C)C1. The minimum Gasteiger partial charge on any atom is -0.449 e. The summed E-state index contributed by atoms with van der Waals surface area (Å²) in [6.45, 7) is 16.3. The zero-order valence-electron chi connectivity index (χ0n) is 23.3. The van der Waals surface area contributed by atoms with Crippen molar-refractivity contribution < 1.29 is 19.1 Å². The molecule has 3 heterocycles. The fraction of sp³-hybridized carbons (Fsp3) is 0.692. The Morgan fingerprint density at radius 2 is 2.00 bits per heavy atom. The number of likely N-dealkylation sites (tertiary alicyclic amines) is 1. The van der Waals surface area contributed by atoms with Gasteiger partial charge in [-0.1, -0.05) is 39.9 Å². The Labute approximate surface area is 221 Å². The van der Waals surface area contributed by atoms with Crippen LogP contribution in [0.1, 0.15) is 50.4 Å². The number of carbonyl (C=O) groups is 2. The van der Waals surface area contributed by atoms with E-state index in [2.05, 4.69) is 49.1 Å². The smallest absolute Gasteiger partial charge is 0.409 e. The van der Waals surface area contributed by atoms with E-state index >= 15 is 0 Å². The van der Waals surface area contributed by atoms with Gasteiger partial charge in [0.05, 0.1) is 18.4 Å². The van der Waals surface area contributed by atoms with Gasteiger partial charge in [0.15, 0.2) is 5.65 Å². The van der Waals surface area contributed by atoms with Crippen molar-refractivity contribution in [3.05, 3.63) is 18.0 Å². The Morgan fingerprint density at radius 1 is 1.22 bits per heavy atom. The van der Waals surface area contributed by atoms with Crippen LogP contribution in [-0.2, 0) is 16.2 Å². The van der Waals surface area contributed by atoms with Crippen LogP contribution in [0, 0.1) is 5.92 Å². The molecule has 0 spiro atoms. The molecule has 0 aliphatic carbocycles. The van der Waals surface area contributed by atoms with Gasteiger partial charge in [0.25, 0.3) is 5.91 Å². The Hall–Kier alpha value is -2.66. The quantitative estimate of drug-likeness (QED) is 0.305. The number of carbonyl (C=O) groups excluding carboxylic acids is 2. The van der Waals surface area contributed by atoms with Crippen molar-refractivity contribution in [3.63, 3.8) is 0 Å². The highest BCUT2D eigenvalue weighted by Gasteiger charge is 2.30. The summed E-state index contributed by atoms with van der Waals surface area (Å²) in [6, 6.07) is 1.20. The fourth-order valence-corrected chi connectivity index (χ4v) is 5.05. The van der Waals surface area contributed by atoms with Crippen LogP contribution in [0.15, 0.2) is 12.4 Å². The first kappa shape index (κ1) is 28.9. The largest absolute Gasteiger partial charge is 0.449 e. The average Bonchev–Trinajstić information content (AvgIpc) is 3.20. The van der Waals surface area contributed by atoms with Crippen molar-refractivity contribution in [2.75, 3.05) is 38.2 Å². The van der Waals surface area contributed by atoms with Crippen molar-refractivity contribution >= 4 is 37.1 Å². The second kappa shape index (κ2) is 13.2. The minimum absolute atomic E-state index is 0.131. The molecule has 11 heteroatoms. The maximum absolute atomic E-state index is 12.8. The summed E-state index contributed by atoms with van der Waals surface area (Å²) in [6.07, 6.45) is 5.90. The number of nitrogens with one attached hydrogen (secondary N) is 2. The molecule has 1 fully saturated rings. The second-order valence-corrected chi connectivity index (χ2v) is 16.7. The van der Waals surface area contributed by atoms with E-state index in [1.54, 1.807) is 17.3 Å². The molecule has 1 aliphatic rings. The molecule has 1 aliphatic heterocycles. The van der Waals surface area contributed by atoms with Crippen LogP contribution >= 0.6 is 0 Å². The van der Waals surface area contributed by atoms with Gasteiger partial charge in [0.2, 0.25) is 0 Å². The van der Waals surface area contributed by atoms with E-state index in [0.717, 1.165) is 25.3 Å². The molecule has 2 aromatic rings. The standard InChI is InChI=1S/C26H44N6O4Si/c1-7-9-12-36-26(34)31-11-10-21(19(3)16-31)29-22-15-28-24-23(30-22)20(25(33)27-8-2)17-32(24)18-35-13-14-37(4,5)6/h15,17,19,21H,7-14,16,18H2,1-6H3,(H,27,33)(H,29,30). The molecule has 37 heavy (non-hydrogen) atoms. The highest BCUT2D eigenvalue weighted by molar-refractivity contribution is 6.76. The minimum atomic E-state index is -1.19. The van der Waals surface area contributed by atoms with Gasteiger partial charge in [-0.05, 0) is 31.7 Å². The van der Waals surface area contributed by atoms with Crippen molar-refractivity contribution in [1.82, 2.24) is 24.8 Å². The summed E-state index contributed by atoms with van der Waals surface area (Å²) in [5, 5.41) is 6.36. The molecule has 2 unspecified atom stereocenters. The lowest BCUT2D eigenvalue weighted by atomic mass is 9.94. The number of unbranched alkanes of at least 4 members (excludes halogenated alkanes) is 1. The number of piperidine rings is 1. The maximum atomic E-state index is 12.8. The Bertz CT molecular complexity index is 1050. The van der Waals surface area contributed by atoms with Gasteiger partial charge in [-0.3, -0.25) is 4.79 Å². The number of anilines is 1. The summed E-state index contributed by atoms with van der Waals surface area (Å²) in [4.78, 5) is 36.3. The summed E-state index contributed by atoms with van der Waals surface area (Å²) in [5.74, 6) is 0.645. The number of amides is 2. The van der Waals surface area contributed by atoms with Crippen LogP contribution in [0.3, 0.4) is 0 Å². The van der Waals surface area contributed by atoms with Crippen LogP contribution in [0.2, 0.25) is 25.7 Å². The van der Waals surface area contributed by atoms with Gasteiger partial charge >= 0.3 is 6.09 Å². The maximum Gasteiger partial charge on any atom is 0.409 e. The number of nitrogens with zero attached hydrogens (tertiary/aromatic N) is 4. The molecule has 2 N–H and O–H groups in total. The first-order valence-corrected chi connectivity index (χ1v) is 17.2. The normalized spacial score (nSPS) is 18.2. The molecule has 2 aromatic heterocycles. The van der Waals surface area contributed by atoms with Crippen molar-refractivity contribution in [2.24, 2.45) is 5.92 Å². The first-order valence-electron chi connectivity index (χ1n) is 13.5.